The van der Waals surface area contributed by atoms with Crippen LogP contribution in [0.3, 0.4) is 0 Å². The predicted molar refractivity (Wildman–Crippen MR) is 80.4 cm³/mol. The molecule has 1 atom stereocenters. The van der Waals surface area contributed by atoms with Crippen LogP contribution in [0.5, 0.6) is 0 Å². The molecule has 2 rings (SSSR count). The fraction of sp³-hybridized carbons (Fsp3) is 0.533. The van der Waals surface area contributed by atoms with Gasteiger partial charge in [0, 0.05) is 24.3 Å². The van der Waals surface area contributed by atoms with E-state index in [1.54, 1.807) is 0 Å². The van der Waals surface area contributed by atoms with E-state index in [-0.39, 0.29) is 5.84 Å². The third-order valence-corrected chi connectivity index (χ3v) is 4.02. The van der Waals surface area contributed by atoms with Gasteiger partial charge in [-0.1, -0.05) is 5.16 Å². The highest BCUT2D eigenvalue weighted by molar-refractivity contribution is 5.98. The second-order valence-electron chi connectivity index (χ2n) is 5.82. The number of benzene rings is 1. The van der Waals surface area contributed by atoms with Gasteiger partial charge in [0.25, 0.3) is 0 Å². The number of aryl methyl sites for hydroxylation is 1. The molecule has 1 aromatic rings. The van der Waals surface area contributed by atoms with Gasteiger partial charge >= 0.3 is 0 Å². The maximum Gasteiger partial charge on any atom is 0.170 e. The highest BCUT2D eigenvalue weighted by Crippen LogP contribution is 2.26. The van der Waals surface area contributed by atoms with Crippen LogP contribution in [0, 0.1) is 6.92 Å². The number of nitrogens with zero attached hydrogens (tertiary/aromatic N) is 2. The molecule has 1 saturated heterocycles. The van der Waals surface area contributed by atoms with Gasteiger partial charge in [0.2, 0.25) is 0 Å². The molecule has 1 unspecified atom stereocenters. The molecule has 5 nitrogen and oxygen atoms in total. The van der Waals surface area contributed by atoms with Gasteiger partial charge in [0.15, 0.2) is 5.84 Å². The van der Waals surface area contributed by atoms with Crippen molar-refractivity contribution in [2.45, 2.75) is 38.7 Å². The van der Waals surface area contributed by atoms with Crippen molar-refractivity contribution in [1.29, 1.82) is 0 Å². The molecular formula is C15H23N3O2. The normalized spacial score (nSPS) is 24.6. The Balaban J connectivity index is 2.19. The first-order valence-corrected chi connectivity index (χ1v) is 6.99. The Morgan fingerprint density at radius 2 is 2.10 bits per heavy atom. The minimum atomic E-state index is -0.558. The Hall–Kier alpha value is -1.75. The van der Waals surface area contributed by atoms with Gasteiger partial charge in [-0.05, 0) is 56.9 Å². The summed E-state index contributed by atoms with van der Waals surface area (Å²) in [6.07, 6.45) is 2.59. The summed E-state index contributed by atoms with van der Waals surface area (Å²) < 4.78 is 0. The van der Waals surface area contributed by atoms with E-state index in [1.807, 2.05) is 32.0 Å². The first-order chi connectivity index (χ1) is 9.43. The fourth-order valence-electron chi connectivity index (χ4n) is 2.71. The van der Waals surface area contributed by atoms with Gasteiger partial charge in [-0.25, -0.2) is 0 Å². The van der Waals surface area contributed by atoms with E-state index in [1.165, 1.54) is 0 Å². The highest BCUT2D eigenvalue weighted by Gasteiger charge is 2.25. The van der Waals surface area contributed by atoms with Gasteiger partial charge in [-0.2, -0.15) is 0 Å². The number of anilines is 1. The van der Waals surface area contributed by atoms with Crippen LogP contribution in [0.2, 0.25) is 0 Å². The van der Waals surface area contributed by atoms with Crippen molar-refractivity contribution >= 4 is 11.5 Å². The summed E-state index contributed by atoms with van der Waals surface area (Å²) in [5.41, 5.74) is 7.93. The second kappa shape index (κ2) is 5.71. The van der Waals surface area contributed by atoms with Crippen LogP contribution in [0.25, 0.3) is 0 Å². The van der Waals surface area contributed by atoms with Gasteiger partial charge in [-0.15, -0.1) is 0 Å². The lowest BCUT2D eigenvalue weighted by Crippen LogP contribution is -2.28. The van der Waals surface area contributed by atoms with E-state index in [2.05, 4.69) is 10.1 Å². The SMILES string of the molecule is Cc1cc(N2CCCC(C)(O)CC2)ccc1/C(N)=N/O. The third kappa shape index (κ3) is 3.22. The molecule has 0 bridgehead atoms. The molecule has 0 saturated carbocycles. The zero-order valence-electron chi connectivity index (χ0n) is 12.1. The van der Waals surface area contributed by atoms with Gasteiger partial charge in [-0.3, -0.25) is 0 Å². The molecule has 0 radical (unpaired) electrons. The fourth-order valence-corrected chi connectivity index (χ4v) is 2.71. The Bertz CT molecular complexity index is 512. The molecule has 1 heterocycles. The van der Waals surface area contributed by atoms with Crippen LogP contribution in [0.1, 0.15) is 37.3 Å². The van der Waals surface area contributed by atoms with E-state index < -0.39 is 5.60 Å². The third-order valence-electron chi connectivity index (χ3n) is 4.02. The molecule has 20 heavy (non-hydrogen) atoms. The van der Waals surface area contributed by atoms with Crippen molar-refractivity contribution in [3.63, 3.8) is 0 Å². The van der Waals surface area contributed by atoms with Crippen molar-refractivity contribution in [2.75, 3.05) is 18.0 Å². The number of hydrogen-bond donors (Lipinski definition) is 3. The Kier molecular flexibility index (Phi) is 4.18. The topological polar surface area (TPSA) is 82.1 Å². The van der Waals surface area contributed by atoms with Crippen molar-refractivity contribution in [1.82, 2.24) is 0 Å². The number of oxime groups is 1. The number of amidine groups is 1. The highest BCUT2D eigenvalue weighted by atomic mass is 16.4. The van der Waals surface area contributed by atoms with E-state index >= 15 is 0 Å². The van der Waals surface area contributed by atoms with Crippen LogP contribution in [-0.2, 0) is 0 Å². The van der Waals surface area contributed by atoms with Crippen LogP contribution in [-0.4, -0.2) is 34.8 Å². The maximum absolute atomic E-state index is 10.1. The molecule has 0 amide bonds. The lowest BCUT2D eigenvalue weighted by Gasteiger charge is -2.25. The van der Waals surface area contributed by atoms with Crippen molar-refractivity contribution in [2.24, 2.45) is 10.9 Å². The van der Waals surface area contributed by atoms with Crippen molar-refractivity contribution in [3.05, 3.63) is 29.3 Å². The average Bonchev–Trinajstić information content (AvgIpc) is 2.59. The largest absolute Gasteiger partial charge is 0.409 e. The maximum atomic E-state index is 10.1. The van der Waals surface area contributed by atoms with Crippen LogP contribution >= 0.6 is 0 Å². The van der Waals surface area contributed by atoms with Gasteiger partial charge in [0.1, 0.15) is 0 Å². The second-order valence-corrected chi connectivity index (χ2v) is 5.82. The standard InChI is InChI=1S/C15H23N3O2/c1-11-10-12(4-5-13(11)14(16)17-20)18-8-3-6-15(2,19)7-9-18/h4-5,10,19-20H,3,6-9H2,1-2H3,(H2,16,17). The molecule has 0 spiro atoms. The zero-order chi connectivity index (χ0) is 14.8. The van der Waals surface area contributed by atoms with Crippen LogP contribution in [0.4, 0.5) is 5.69 Å². The lowest BCUT2D eigenvalue weighted by atomic mass is 9.98. The summed E-state index contributed by atoms with van der Waals surface area (Å²) in [7, 11) is 0. The number of hydrogen-bond acceptors (Lipinski definition) is 4. The molecule has 0 aliphatic carbocycles. The predicted octanol–water partition coefficient (Wildman–Crippen LogP) is 1.83. The van der Waals surface area contributed by atoms with Gasteiger partial charge < -0.3 is 20.9 Å². The summed E-state index contributed by atoms with van der Waals surface area (Å²) in [6.45, 7) is 5.64. The molecule has 1 fully saturated rings. The number of aliphatic hydroxyl groups is 1. The first-order valence-electron chi connectivity index (χ1n) is 6.99. The molecule has 5 heteroatoms. The summed E-state index contributed by atoms with van der Waals surface area (Å²) in [4.78, 5) is 2.28. The van der Waals surface area contributed by atoms with Crippen molar-refractivity contribution in [3.8, 4) is 0 Å². The molecule has 1 aliphatic heterocycles. The monoisotopic (exact) mass is 277 g/mol. The minimum Gasteiger partial charge on any atom is -0.409 e. The van der Waals surface area contributed by atoms with E-state index in [9.17, 15) is 5.11 Å². The van der Waals surface area contributed by atoms with E-state index in [0.717, 1.165) is 49.2 Å². The first kappa shape index (κ1) is 14.7. The quantitative estimate of drug-likeness (QED) is 0.333. The lowest BCUT2D eigenvalue weighted by molar-refractivity contribution is 0.0481. The smallest absolute Gasteiger partial charge is 0.170 e. The molecule has 1 aromatic carbocycles. The van der Waals surface area contributed by atoms with Crippen LogP contribution < -0.4 is 10.6 Å². The summed E-state index contributed by atoms with van der Waals surface area (Å²) in [5.74, 6) is 0.132. The zero-order valence-corrected chi connectivity index (χ0v) is 12.1. The minimum absolute atomic E-state index is 0.132. The van der Waals surface area contributed by atoms with Gasteiger partial charge in [0.05, 0.1) is 5.60 Å². The molecular weight excluding hydrogens is 254 g/mol. The Morgan fingerprint density at radius 3 is 2.75 bits per heavy atom. The number of rotatable bonds is 2. The summed E-state index contributed by atoms with van der Waals surface area (Å²) >= 11 is 0. The number of nitrogens with two attached hydrogens (primary N) is 1. The van der Waals surface area contributed by atoms with Crippen molar-refractivity contribution < 1.29 is 10.3 Å². The summed E-state index contributed by atoms with van der Waals surface area (Å²) in [6, 6.07) is 5.91. The molecule has 110 valence electrons. The van der Waals surface area contributed by atoms with Crippen LogP contribution in [0.15, 0.2) is 23.4 Å². The average molecular weight is 277 g/mol. The molecule has 4 N–H and O–H groups in total. The van der Waals surface area contributed by atoms with E-state index in [4.69, 9.17) is 10.9 Å². The van der Waals surface area contributed by atoms with E-state index in [0.29, 0.717) is 0 Å². The Labute approximate surface area is 119 Å². The summed E-state index contributed by atoms with van der Waals surface area (Å²) in [5, 5.41) is 21.9. The molecule has 1 aliphatic rings. The Morgan fingerprint density at radius 1 is 1.35 bits per heavy atom. The molecule has 0 aromatic heterocycles.